The van der Waals surface area contributed by atoms with E-state index in [2.05, 4.69) is 18.9 Å². The zero-order valence-electron chi connectivity index (χ0n) is 10.9. The summed E-state index contributed by atoms with van der Waals surface area (Å²) < 4.78 is 7.72. The van der Waals surface area contributed by atoms with Crippen LogP contribution in [0.4, 0.5) is 5.69 Å². The van der Waals surface area contributed by atoms with E-state index in [1.807, 2.05) is 10.9 Å². The molecular weight excluding hydrogens is 214 g/mol. The summed E-state index contributed by atoms with van der Waals surface area (Å²) in [6.45, 7) is 6.20. The van der Waals surface area contributed by atoms with Crippen LogP contribution in [0.1, 0.15) is 39.5 Å². The molecule has 1 fully saturated rings. The van der Waals surface area contributed by atoms with Crippen molar-refractivity contribution in [2.24, 2.45) is 5.41 Å². The summed E-state index contributed by atoms with van der Waals surface area (Å²) in [4.78, 5) is 0. The van der Waals surface area contributed by atoms with Gasteiger partial charge in [-0.1, -0.05) is 13.8 Å². The van der Waals surface area contributed by atoms with Gasteiger partial charge in [-0.15, -0.1) is 0 Å². The molecule has 2 N–H and O–H groups in total. The molecule has 2 rings (SSSR count). The van der Waals surface area contributed by atoms with Gasteiger partial charge in [-0.3, -0.25) is 4.68 Å². The third-order valence-corrected chi connectivity index (χ3v) is 3.61. The molecule has 1 aliphatic rings. The van der Waals surface area contributed by atoms with Crippen LogP contribution >= 0.6 is 0 Å². The number of nitrogens with two attached hydrogens (primary N) is 1. The summed E-state index contributed by atoms with van der Waals surface area (Å²) >= 11 is 0. The summed E-state index contributed by atoms with van der Waals surface area (Å²) in [6.07, 6.45) is 8.87. The Balaban J connectivity index is 1.66. The topological polar surface area (TPSA) is 53.1 Å². The lowest BCUT2D eigenvalue weighted by Crippen LogP contribution is -2.27. The van der Waals surface area contributed by atoms with Gasteiger partial charge in [0.2, 0.25) is 0 Å². The number of nitrogens with zero attached hydrogens (tertiary/aromatic N) is 2. The standard InChI is InChI=1S/C13H23N3O/c1-13(2)5-3-12(4-6-13)17-8-7-16-10-11(14)9-15-16/h9-10,12H,3-8,14H2,1-2H3. The van der Waals surface area contributed by atoms with E-state index in [9.17, 15) is 0 Å². The number of aromatic nitrogens is 2. The van der Waals surface area contributed by atoms with E-state index in [0.29, 0.717) is 17.2 Å². The van der Waals surface area contributed by atoms with Crippen LogP contribution in [0.15, 0.2) is 12.4 Å². The first-order chi connectivity index (χ1) is 8.05. The Labute approximate surface area is 103 Å². The lowest BCUT2D eigenvalue weighted by molar-refractivity contribution is 0.0000508. The molecule has 0 bridgehead atoms. The van der Waals surface area contributed by atoms with Crippen molar-refractivity contribution < 1.29 is 4.74 Å². The van der Waals surface area contributed by atoms with Crippen LogP contribution < -0.4 is 5.73 Å². The predicted octanol–water partition coefficient (Wildman–Crippen LogP) is 2.45. The molecule has 0 radical (unpaired) electrons. The van der Waals surface area contributed by atoms with Crippen molar-refractivity contribution in [3.05, 3.63) is 12.4 Å². The molecule has 1 aliphatic carbocycles. The van der Waals surface area contributed by atoms with Crippen molar-refractivity contribution in [3.8, 4) is 0 Å². The minimum absolute atomic E-state index is 0.441. The Bertz CT molecular complexity index is 349. The van der Waals surface area contributed by atoms with Gasteiger partial charge in [0.15, 0.2) is 0 Å². The first-order valence-electron chi connectivity index (χ1n) is 6.45. The van der Waals surface area contributed by atoms with Gasteiger partial charge in [-0.05, 0) is 31.1 Å². The Kier molecular flexibility index (Phi) is 3.72. The molecule has 0 atom stereocenters. The summed E-state index contributed by atoms with van der Waals surface area (Å²) in [5, 5.41) is 4.13. The quantitative estimate of drug-likeness (QED) is 0.875. The van der Waals surface area contributed by atoms with E-state index < -0.39 is 0 Å². The summed E-state index contributed by atoms with van der Waals surface area (Å²) in [6, 6.07) is 0. The second-order valence-corrected chi connectivity index (χ2v) is 5.77. The molecule has 0 spiro atoms. The molecule has 4 heteroatoms. The maximum absolute atomic E-state index is 5.89. The minimum Gasteiger partial charge on any atom is -0.396 e. The van der Waals surface area contributed by atoms with E-state index >= 15 is 0 Å². The monoisotopic (exact) mass is 237 g/mol. The number of ether oxygens (including phenoxy) is 1. The molecule has 0 aromatic carbocycles. The van der Waals surface area contributed by atoms with Gasteiger partial charge in [-0.2, -0.15) is 5.10 Å². The molecule has 1 heterocycles. The average molecular weight is 237 g/mol. The average Bonchev–Trinajstić information content (AvgIpc) is 2.67. The van der Waals surface area contributed by atoms with Gasteiger partial charge in [0.1, 0.15) is 0 Å². The number of anilines is 1. The molecule has 17 heavy (non-hydrogen) atoms. The highest BCUT2D eigenvalue weighted by Crippen LogP contribution is 2.36. The maximum atomic E-state index is 5.89. The molecule has 4 nitrogen and oxygen atoms in total. The number of rotatable bonds is 4. The Morgan fingerprint density at radius 2 is 2.18 bits per heavy atom. The summed E-state index contributed by atoms with van der Waals surface area (Å²) in [5.74, 6) is 0. The summed E-state index contributed by atoms with van der Waals surface area (Å²) in [5.41, 5.74) is 6.82. The van der Waals surface area contributed by atoms with Gasteiger partial charge >= 0.3 is 0 Å². The van der Waals surface area contributed by atoms with Crippen LogP contribution in [0.2, 0.25) is 0 Å². The van der Waals surface area contributed by atoms with Crippen molar-refractivity contribution in [2.45, 2.75) is 52.2 Å². The van der Waals surface area contributed by atoms with Crippen LogP contribution in [0.5, 0.6) is 0 Å². The first kappa shape index (κ1) is 12.4. The Morgan fingerprint density at radius 1 is 1.47 bits per heavy atom. The normalized spacial score (nSPS) is 20.6. The van der Waals surface area contributed by atoms with Gasteiger partial charge in [-0.25, -0.2) is 0 Å². The van der Waals surface area contributed by atoms with E-state index in [-0.39, 0.29) is 0 Å². The fourth-order valence-corrected chi connectivity index (χ4v) is 2.35. The predicted molar refractivity (Wildman–Crippen MR) is 68.6 cm³/mol. The van der Waals surface area contributed by atoms with Crippen molar-refractivity contribution in [2.75, 3.05) is 12.3 Å². The summed E-state index contributed by atoms with van der Waals surface area (Å²) in [7, 11) is 0. The molecule has 0 unspecified atom stereocenters. The second-order valence-electron chi connectivity index (χ2n) is 5.77. The smallest absolute Gasteiger partial charge is 0.0719 e. The third kappa shape index (κ3) is 3.73. The molecular formula is C13H23N3O. The van der Waals surface area contributed by atoms with Crippen molar-refractivity contribution in [3.63, 3.8) is 0 Å². The second kappa shape index (κ2) is 5.08. The van der Waals surface area contributed by atoms with Gasteiger partial charge in [0, 0.05) is 6.20 Å². The highest BCUT2D eigenvalue weighted by atomic mass is 16.5. The lowest BCUT2D eigenvalue weighted by Gasteiger charge is -2.34. The van der Waals surface area contributed by atoms with Crippen LogP contribution in [0, 0.1) is 5.41 Å². The van der Waals surface area contributed by atoms with Crippen LogP contribution in [-0.2, 0) is 11.3 Å². The number of hydrogen-bond acceptors (Lipinski definition) is 3. The SMILES string of the molecule is CC1(C)CCC(OCCn2cc(N)cn2)CC1. The minimum atomic E-state index is 0.441. The number of nitrogen functional groups attached to an aromatic ring is 1. The largest absolute Gasteiger partial charge is 0.396 e. The molecule has 1 aromatic heterocycles. The zero-order chi connectivity index (χ0) is 12.3. The van der Waals surface area contributed by atoms with Gasteiger partial charge < -0.3 is 10.5 Å². The van der Waals surface area contributed by atoms with Crippen molar-refractivity contribution >= 4 is 5.69 Å². The van der Waals surface area contributed by atoms with E-state index in [1.54, 1.807) is 6.20 Å². The highest BCUT2D eigenvalue weighted by molar-refractivity contribution is 5.30. The fourth-order valence-electron chi connectivity index (χ4n) is 2.35. The zero-order valence-corrected chi connectivity index (χ0v) is 10.9. The third-order valence-electron chi connectivity index (χ3n) is 3.61. The number of hydrogen-bond donors (Lipinski definition) is 1. The van der Waals surface area contributed by atoms with E-state index in [4.69, 9.17) is 10.5 Å². The highest BCUT2D eigenvalue weighted by Gasteiger charge is 2.26. The Hall–Kier alpha value is -1.03. The molecule has 1 aromatic rings. The molecule has 0 saturated heterocycles. The Morgan fingerprint density at radius 3 is 2.76 bits per heavy atom. The van der Waals surface area contributed by atoms with Crippen LogP contribution in [0.25, 0.3) is 0 Å². The first-order valence-corrected chi connectivity index (χ1v) is 6.45. The molecule has 96 valence electrons. The molecule has 1 saturated carbocycles. The lowest BCUT2D eigenvalue weighted by atomic mass is 9.76. The van der Waals surface area contributed by atoms with Crippen molar-refractivity contribution in [1.29, 1.82) is 0 Å². The van der Waals surface area contributed by atoms with Gasteiger partial charge in [0.05, 0.1) is 31.1 Å². The van der Waals surface area contributed by atoms with Crippen LogP contribution in [0.3, 0.4) is 0 Å². The van der Waals surface area contributed by atoms with Crippen molar-refractivity contribution in [1.82, 2.24) is 9.78 Å². The maximum Gasteiger partial charge on any atom is 0.0719 e. The van der Waals surface area contributed by atoms with E-state index in [0.717, 1.165) is 13.2 Å². The van der Waals surface area contributed by atoms with E-state index in [1.165, 1.54) is 25.7 Å². The molecule has 0 aliphatic heterocycles. The van der Waals surface area contributed by atoms with Crippen LogP contribution in [-0.4, -0.2) is 22.5 Å². The fraction of sp³-hybridized carbons (Fsp3) is 0.769. The molecule has 0 amide bonds. The van der Waals surface area contributed by atoms with Gasteiger partial charge in [0.25, 0.3) is 0 Å².